The number of hydrogen-bond donors (Lipinski definition) is 1. The van der Waals surface area contributed by atoms with Crippen LogP contribution in [-0.4, -0.2) is 44.0 Å². The summed E-state index contributed by atoms with van der Waals surface area (Å²) in [6.07, 6.45) is 3.31. The number of nitrogens with one attached hydrogen (secondary N) is 1. The van der Waals surface area contributed by atoms with Gasteiger partial charge in [0, 0.05) is 48.7 Å². The van der Waals surface area contributed by atoms with Gasteiger partial charge >= 0.3 is 0 Å². The number of nitrogens with zero attached hydrogens (tertiary/aromatic N) is 2. The molecule has 27 heavy (non-hydrogen) atoms. The molecule has 142 valence electrons. The molecule has 3 rings (SSSR count). The van der Waals surface area contributed by atoms with Crippen LogP contribution in [-0.2, 0) is 4.79 Å². The number of piperazine rings is 1. The number of anilines is 2. The third-order valence-electron chi connectivity index (χ3n) is 4.96. The minimum absolute atomic E-state index is 0.151. The van der Waals surface area contributed by atoms with Crippen LogP contribution < -0.4 is 10.2 Å². The lowest BCUT2D eigenvalue weighted by Crippen LogP contribution is -2.44. The quantitative estimate of drug-likeness (QED) is 0.797. The van der Waals surface area contributed by atoms with Crippen LogP contribution in [0.2, 0.25) is 5.02 Å². The SMILES string of the molecule is Cc1ccc(/C=C/C(=O)Nc2ccc(N3CCN(C)CC3)cc2C)cc1Cl. The number of aryl methyl sites for hydroxylation is 2. The lowest BCUT2D eigenvalue weighted by Gasteiger charge is -2.34. The molecule has 0 spiro atoms. The molecule has 1 amide bonds. The number of halogens is 1. The summed E-state index contributed by atoms with van der Waals surface area (Å²) < 4.78 is 0. The Balaban J connectivity index is 1.63. The Labute approximate surface area is 166 Å². The van der Waals surface area contributed by atoms with Crippen LogP contribution in [0.3, 0.4) is 0 Å². The van der Waals surface area contributed by atoms with Crippen LogP contribution in [0.25, 0.3) is 6.08 Å². The maximum absolute atomic E-state index is 12.3. The van der Waals surface area contributed by atoms with E-state index in [0.29, 0.717) is 5.02 Å². The van der Waals surface area contributed by atoms with E-state index in [9.17, 15) is 4.79 Å². The number of hydrogen-bond acceptors (Lipinski definition) is 3. The second-order valence-corrected chi connectivity index (χ2v) is 7.53. The van der Waals surface area contributed by atoms with Crippen molar-refractivity contribution in [2.45, 2.75) is 13.8 Å². The normalized spacial score (nSPS) is 15.3. The number of carbonyl (C=O) groups is 1. The second kappa shape index (κ2) is 8.59. The van der Waals surface area contributed by atoms with Crippen LogP contribution >= 0.6 is 11.6 Å². The first-order valence-electron chi connectivity index (χ1n) is 9.22. The lowest BCUT2D eigenvalue weighted by molar-refractivity contribution is -0.111. The predicted octanol–water partition coefficient (Wildman–Crippen LogP) is 4.36. The molecule has 1 aliphatic heterocycles. The molecule has 1 fully saturated rings. The van der Waals surface area contributed by atoms with Crippen molar-refractivity contribution in [3.8, 4) is 0 Å². The van der Waals surface area contributed by atoms with Crippen molar-refractivity contribution in [3.05, 3.63) is 64.2 Å². The zero-order chi connectivity index (χ0) is 19.4. The molecule has 0 unspecified atom stereocenters. The Hall–Kier alpha value is -2.30. The minimum Gasteiger partial charge on any atom is -0.369 e. The molecule has 0 atom stereocenters. The third-order valence-corrected chi connectivity index (χ3v) is 5.37. The van der Waals surface area contributed by atoms with Crippen LogP contribution in [0.5, 0.6) is 0 Å². The van der Waals surface area contributed by atoms with Gasteiger partial charge in [0.2, 0.25) is 5.91 Å². The molecular formula is C22H26ClN3O. The Morgan fingerprint density at radius 3 is 2.44 bits per heavy atom. The summed E-state index contributed by atoms with van der Waals surface area (Å²) in [4.78, 5) is 17.0. The predicted molar refractivity (Wildman–Crippen MR) is 115 cm³/mol. The molecule has 4 nitrogen and oxygen atoms in total. The molecule has 0 aromatic heterocycles. The highest BCUT2D eigenvalue weighted by Crippen LogP contribution is 2.24. The highest BCUT2D eigenvalue weighted by Gasteiger charge is 2.15. The summed E-state index contributed by atoms with van der Waals surface area (Å²) >= 11 is 6.13. The summed E-state index contributed by atoms with van der Waals surface area (Å²) in [5.41, 5.74) is 5.04. The molecular weight excluding hydrogens is 358 g/mol. The number of benzene rings is 2. The van der Waals surface area contributed by atoms with Crippen molar-refractivity contribution >= 4 is 35.0 Å². The molecule has 0 bridgehead atoms. The first-order valence-corrected chi connectivity index (χ1v) is 9.59. The van der Waals surface area contributed by atoms with E-state index < -0.39 is 0 Å². The number of amides is 1. The number of likely N-dealkylation sites (N-methyl/N-ethyl adjacent to an activating group) is 1. The van der Waals surface area contributed by atoms with E-state index in [1.807, 2.05) is 38.1 Å². The Morgan fingerprint density at radius 1 is 1.04 bits per heavy atom. The molecule has 5 heteroatoms. The highest BCUT2D eigenvalue weighted by atomic mass is 35.5. The van der Waals surface area contributed by atoms with E-state index in [4.69, 9.17) is 11.6 Å². The fourth-order valence-corrected chi connectivity index (χ4v) is 3.30. The van der Waals surface area contributed by atoms with Crippen LogP contribution in [0.1, 0.15) is 16.7 Å². The maximum atomic E-state index is 12.3. The van der Waals surface area contributed by atoms with Crippen molar-refractivity contribution in [2.75, 3.05) is 43.4 Å². The lowest BCUT2D eigenvalue weighted by atomic mass is 10.1. The average Bonchev–Trinajstić information content (AvgIpc) is 2.65. The molecule has 2 aromatic rings. The molecule has 1 N–H and O–H groups in total. The third kappa shape index (κ3) is 5.12. The average molecular weight is 384 g/mol. The van der Waals surface area contributed by atoms with Crippen LogP contribution in [0.4, 0.5) is 11.4 Å². The first-order chi connectivity index (χ1) is 12.9. The van der Waals surface area contributed by atoms with Gasteiger partial charge in [-0.25, -0.2) is 0 Å². The summed E-state index contributed by atoms with van der Waals surface area (Å²) in [6, 6.07) is 12.0. The van der Waals surface area contributed by atoms with E-state index in [1.165, 1.54) is 11.8 Å². The smallest absolute Gasteiger partial charge is 0.248 e. The molecule has 1 aliphatic rings. The van der Waals surface area contributed by atoms with Gasteiger partial charge in [-0.05, 0) is 67.9 Å². The standard InChI is InChI=1S/C22H26ClN3O/c1-16-4-5-18(15-20(16)23)6-9-22(27)24-21-8-7-19(14-17(21)2)26-12-10-25(3)11-13-26/h4-9,14-15H,10-13H2,1-3H3,(H,24,27)/b9-6+. The maximum Gasteiger partial charge on any atom is 0.248 e. The number of carbonyl (C=O) groups excluding carboxylic acids is 1. The van der Waals surface area contributed by atoms with Crippen LogP contribution in [0, 0.1) is 13.8 Å². The van der Waals surface area contributed by atoms with Crippen molar-refractivity contribution < 1.29 is 4.79 Å². The molecule has 2 aromatic carbocycles. The molecule has 0 aliphatic carbocycles. The summed E-state index contributed by atoms with van der Waals surface area (Å²) in [5, 5.41) is 3.66. The first kappa shape index (κ1) is 19.5. The van der Waals surface area contributed by atoms with Crippen molar-refractivity contribution in [3.63, 3.8) is 0 Å². The van der Waals surface area contributed by atoms with Gasteiger partial charge < -0.3 is 15.1 Å². The van der Waals surface area contributed by atoms with Gasteiger partial charge in [-0.2, -0.15) is 0 Å². The zero-order valence-electron chi connectivity index (χ0n) is 16.1. The fraction of sp³-hybridized carbons (Fsp3) is 0.318. The fourth-order valence-electron chi connectivity index (χ4n) is 3.11. The molecule has 1 saturated heterocycles. The van der Waals surface area contributed by atoms with E-state index in [-0.39, 0.29) is 5.91 Å². The van der Waals surface area contributed by atoms with Gasteiger partial charge in [-0.15, -0.1) is 0 Å². The van der Waals surface area contributed by atoms with Crippen molar-refractivity contribution in [2.24, 2.45) is 0 Å². The molecule has 0 saturated carbocycles. The van der Waals surface area contributed by atoms with E-state index in [2.05, 4.69) is 34.3 Å². The van der Waals surface area contributed by atoms with Gasteiger partial charge in [0.1, 0.15) is 0 Å². The van der Waals surface area contributed by atoms with Gasteiger partial charge in [0.05, 0.1) is 0 Å². The Kier molecular flexibility index (Phi) is 6.19. The van der Waals surface area contributed by atoms with Gasteiger partial charge in [-0.3, -0.25) is 4.79 Å². The molecule has 0 radical (unpaired) electrons. The Morgan fingerprint density at radius 2 is 1.78 bits per heavy atom. The minimum atomic E-state index is -0.151. The van der Waals surface area contributed by atoms with E-state index >= 15 is 0 Å². The summed E-state index contributed by atoms with van der Waals surface area (Å²) in [7, 11) is 2.15. The van der Waals surface area contributed by atoms with Gasteiger partial charge in [0.15, 0.2) is 0 Å². The summed E-state index contributed by atoms with van der Waals surface area (Å²) in [6.45, 7) is 8.19. The van der Waals surface area contributed by atoms with Gasteiger partial charge in [0.25, 0.3) is 0 Å². The zero-order valence-corrected chi connectivity index (χ0v) is 16.9. The summed E-state index contributed by atoms with van der Waals surface area (Å²) in [5.74, 6) is -0.151. The van der Waals surface area contributed by atoms with Crippen LogP contribution in [0.15, 0.2) is 42.5 Å². The largest absolute Gasteiger partial charge is 0.369 e. The van der Waals surface area contributed by atoms with Crippen molar-refractivity contribution in [1.82, 2.24) is 4.90 Å². The Bertz CT molecular complexity index is 855. The topological polar surface area (TPSA) is 35.6 Å². The highest BCUT2D eigenvalue weighted by molar-refractivity contribution is 6.31. The van der Waals surface area contributed by atoms with E-state index in [1.54, 1.807) is 6.08 Å². The van der Waals surface area contributed by atoms with Crippen molar-refractivity contribution in [1.29, 1.82) is 0 Å². The van der Waals surface area contributed by atoms with E-state index in [0.717, 1.165) is 48.6 Å². The second-order valence-electron chi connectivity index (χ2n) is 7.12. The molecule has 1 heterocycles. The number of rotatable bonds is 4. The monoisotopic (exact) mass is 383 g/mol. The van der Waals surface area contributed by atoms with Gasteiger partial charge in [-0.1, -0.05) is 23.7 Å².